The first kappa shape index (κ1) is 17.7. The molecule has 0 spiro atoms. The van der Waals surface area contributed by atoms with Gasteiger partial charge in [0.25, 0.3) is 5.91 Å². The predicted molar refractivity (Wildman–Crippen MR) is 101 cm³/mol. The van der Waals surface area contributed by atoms with E-state index in [4.69, 9.17) is 4.74 Å². The van der Waals surface area contributed by atoms with Crippen molar-refractivity contribution in [3.8, 4) is 5.75 Å². The Kier molecular flexibility index (Phi) is 5.07. The van der Waals surface area contributed by atoms with Crippen LogP contribution in [0, 0.1) is 6.92 Å². The molecule has 0 fully saturated rings. The average molecular weight is 350 g/mol. The molecule has 5 heteroatoms. The summed E-state index contributed by atoms with van der Waals surface area (Å²) in [6, 6.07) is 13.2. The van der Waals surface area contributed by atoms with E-state index < -0.39 is 0 Å². The molecule has 1 heterocycles. The lowest BCUT2D eigenvalue weighted by Crippen LogP contribution is -2.37. The molecular weight excluding hydrogens is 328 g/mol. The van der Waals surface area contributed by atoms with E-state index in [0.29, 0.717) is 24.2 Å². The second-order valence-electron chi connectivity index (χ2n) is 6.30. The van der Waals surface area contributed by atoms with Crippen LogP contribution in [0.2, 0.25) is 0 Å². The number of fused-ring (bicyclic) bond motifs is 1. The molecule has 3 rings (SSSR count). The fourth-order valence-electron chi connectivity index (χ4n) is 3.14. The summed E-state index contributed by atoms with van der Waals surface area (Å²) in [5, 5.41) is 2.87. The Labute approximate surface area is 153 Å². The van der Waals surface area contributed by atoms with Gasteiger partial charge in [0, 0.05) is 23.4 Å². The second-order valence-corrected chi connectivity index (χ2v) is 6.30. The summed E-state index contributed by atoms with van der Waals surface area (Å²) in [6.07, 6.45) is 0.658. The fraction of sp³-hybridized carbons (Fsp3) is 0.238. The number of rotatable bonds is 6. The molecule has 0 aliphatic carbocycles. The maximum atomic E-state index is 12.4. The Morgan fingerprint density at radius 1 is 1.19 bits per heavy atom. The fourth-order valence-corrected chi connectivity index (χ4v) is 3.14. The Morgan fingerprint density at radius 3 is 2.62 bits per heavy atom. The molecule has 0 saturated carbocycles. The highest BCUT2D eigenvalue weighted by Gasteiger charge is 2.31. The lowest BCUT2D eigenvalue weighted by Gasteiger charge is -2.17. The third kappa shape index (κ3) is 3.47. The standard InChI is InChI=1S/C21H22N2O3/c1-14-8-9-19(26-3)16(12-14)10-11-22-20(24)13-23-15(2)17-6-4-5-7-18(17)21(23)25/h4-9,12H,2,10-11,13H2,1,3H3,(H,22,24). The molecule has 134 valence electrons. The second kappa shape index (κ2) is 7.44. The Balaban J connectivity index is 1.57. The molecule has 0 aromatic heterocycles. The van der Waals surface area contributed by atoms with Crippen LogP contribution in [0.5, 0.6) is 5.75 Å². The van der Waals surface area contributed by atoms with Crippen molar-refractivity contribution in [2.75, 3.05) is 20.2 Å². The van der Waals surface area contributed by atoms with E-state index in [1.165, 1.54) is 4.90 Å². The van der Waals surface area contributed by atoms with Crippen molar-refractivity contribution in [2.24, 2.45) is 0 Å². The van der Waals surface area contributed by atoms with Crippen molar-refractivity contribution in [1.82, 2.24) is 10.2 Å². The van der Waals surface area contributed by atoms with E-state index in [1.807, 2.05) is 43.3 Å². The van der Waals surface area contributed by atoms with Crippen LogP contribution in [-0.4, -0.2) is 36.9 Å². The molecule has 26 heavy (non-hydrogen) atoms. The predicted octanol–water partition coefficient (Wildman–Crippen LogP) is 2.79. The molecule has 0 radical (unpaired) electrons. The van der Waals surface area contributed by atoms with Gasteiger partial charge in [-0.25, -0.2) is 0 Å². The molecule has 1 N–H and O–H groups in total. The van der Waals surface area contributed by atoms with Gasteiger partial charge in [-0.1, -0.05) is 42.5 Å². The van der Waals surface area contributed by atoms with Crippen LogP contribution in [-0.2, 0) is 11.2 Å². The number of amides is 2. The lowest BCUT2D eigenvalue weighted by molar-refractivity contribution is -0.121. The first-order valence-electron chi connectivity index (χ1n) is 8.51. The van der Waals surface area contributed by atoms with Crippen molar-refractivity contribution in [3.63, 3.8) is 0 Å². The van der Waals surface area contributed by atoms with Crippen molar-refractivity contribution in [3.05, 3.63) is 71.3 Å². The number of hydrogen-bond acceptors (Lipinski definition) is 3. The van der Waals surface area contributed by atoms with E-state index in [-0.39, 0.29) is 18.4 Å². The van der Waals surface area contributed by atoms with E-state index in [0.717, 1.165) is 22.4 Å². The summed E-state index contributed by atoms with van der Waals surface area (Å²) >= 11 is 0. The number of ether oxygens (including phenoxy) is 1. The summed E-state index contributed by atoms with van der Waals surface area (Å²) < 4.78 is 5.35. The molecule has 0 unspecified atom stereocenters. The van der Waals surface area contributed by atoms with Gasteiger partial charge in [0.15, 0.2) is 0 Å². The number of carbonyl (C=O) groups excluding carboxylic acids is 2. The van der Waals surface area contributed by atoms with Gasteiger partial charge in [0.2, 0.25) is 5.91 Å². The highest BCUT2D eigenvalue weighted by molar-refractivity contribution is 6.10. The first-order valence-corrected chi connectivity index (χ1v) is 8.51. The van der Waals surface area contributed by atoms with Gasteiger partial charge in [0.1, 0.15) is 12.3 Å². The Morgan fingerprint density at radius 2 is 1.92 bits per heavy atom. The molecule has 1 aliphatic heterocycles. The minimum atomic E-state index is -0.209. The van der Waals surface area contributed by atoms with Crippen molar-refractivity contribution in [1.29, 1.82) is 0 Å². The van der Waals surface area contributed by atoms with Crippen LogP contribution < -0.4 is 10.1 Å². The minimum absolute atomic E-state index is 0.0305. The van der Waals surface area contributed by atoms with Crippen molar-refractivity contribution < 1.29 is 14.3 Å². The van der Waals surface area contributed by atoms with Crippen molar-refractivity contribution >= 4 is 17.5 Å². The maximum absolute atomic E-state index is 12.4. The van der Waals surface area contributed by atoms with Crippen LogP contribution in [0.3, 0.4) is 0 Å². The van der Waals surface area contributed by atoms with E-state index in [9.17, 15) is 9.59 Å². The third-order valence-electron chi connectivity index (χ3n) is 4.49. The van der Waals surface area contributed by atoms with Gasteiger partial charge in [-0.05, 0) is 31.0 Å². The summed E-state index contributed by atoms with van der Waals surface area (Å²) in [7, 11) is 1.63. The third-order valence-corrected chi connectivity index (χ3v) is 4.49. The van der Waals surface area contributed by atoms with Gasteiger partial charge < -0.3 is 10.1 Å². The highest BCUT2D eigenvalue weighted by atomic mass is 16.5. The number of carbonyl (C=O) groups is 2. The summed E-state index contributed by atoms with van der Waals surface area (Å²) in [5.41, 5.74) is 4.14. The number of benzene rings is 2. The SMILES string of the molecule is C=C1c2ccccc2C(=O)N1CC(=O)NCCc1cc(C)ccc1OC. The van der Waals surface area contributed by atoms with Gasteiger partial charge >= 0.3 is 0 Å². The van der Waals surface area contributed by atoms with Crippen LogP contribution in [0.15, 0.2) is 49.0 Å². The quantitative estimate of drug-likeness (QED) is 0.871. The van der Waals surface area contributed by atoms with Gasteiger partial charge in [-0.15, -0.1) is 0 Å². The van der Waals surface area contributed by atoms with Crippen LogP contribution in [0.1, 0.15) is 27.0 Å². The summed E-state index contributed by atoms with van der Waals surface area (Å²) in [4.78, 5) is 26.1. The van der Waals surface area contributed by atoms with Crippen LogP contribution in [0.4, 0.5) is 0 Å². The number of nitrogens with one attached hydrogen (secondary N) is 1. The number of methoxy groups -OCH3 is 1. The Bertz CT molecular complexity index is 838. The summed E-state index contributed by atoms with van der Waals surface area (Å²) in [6.45, 7) is 6.41. The average Bonchev–Trinajstić information content (AvgIpc) is 2.87. The zero-order valence-electron chi connectivity index (χ0n) is 15.0. The molecule has 0 bridgehead atoms. The zero-order chi connectivity index (χ0) is 18.7. The maximum Gasteiger partial charge on any atom is 0.259 e. The lowest BCUT2D eigenvalue weighted by atomic mass is 10.1. The Hall–Kier alpha value is -3.08. The number of hydrogen-bond donors (Lipinski definition) is 1. The molecule has 0 atom stereocenters. The molecule has 1 aliphatic rings. The van der Waals surface area contributed by atoms with E-state index in [2.05, 4.69) is 11.9 Å². The molecule has 2 aromatic carbocycles. The minimum Gasteiger partial charge on any atom is -0.496 e. The number of aryl methyl sites for hydroxylation is 1. The monoisotopic (exact) mass is 350 g/mol. The molecule has 2 amide bonds. The van der Waals surface area contributed by atoms with Crippen molar-refractivity contribution in [2.45, 2.75) is 13.3 Å². The largest absolute Gasteiger partial charge is 0.496 e. The smallest absolute Gasteiger partial charge is 0.259 e. The van der Waals surface area contributed by atoms with E-state index in [1.54, 1.807) is 13.2 Å². The van der Waals surface area contributed by atoms with Gasteiger partial charge in [-0.3, -0.25) is 14.5 Å². The summed E-state index contributed by atoms with van der Waals surface area (Å²) in [5.74, 6) is 0.420. The molecule has 5 nitrogen and oxygen atoms in total. The molecule has 0 saturated heterocycles. The topological polar surface area (TPSA) is 58.6 Å². The molecule has 2 aromatic rings. The highest BCUT2D eigenvalue weighted by Crippen LogP contribution is 2.30. The van der Waals surface area contributed by atoms with Crippen LogP contribution in [0.25, 0.3) is 5.70 Å². The normalized spacial score (nSPS) is 12.9. The molecular formula is C21H22N2O3. The van der Waals surface area contributed by atoms with Gasteiger partial charge in [0.05, 0.1) is 7.11 Å². The number of nitrogens with zero attached hydrogens (tertiary/aromatic N) is 1. The van der Waals surface area contributed by atoms with Crippen LogP contribution >= 0.6 is 0 Å². The van der Waals surface area contributed by atoms with E-state index >= 15 is 0 Å². The first-order chi connectivity index (χ1) is 12.5. The zero-order valence-corrected chi connectivity index (χ0v) is 15.0. The van der Waals surface area contributed by atoms with Gasteiger partial charge in [-0.2, -0.15) is 0 Å².